The molecule has 4 N–H and O–H groups in total. The zero-order valence-electron chi connectivity index (χ0n) is 21.6. The van der Waals surface area contributed by atoms with Crippen LogP contribution in [0, 0.1) is 6.92 Å². The van der Waals surface area contributed by atoms with Crippen molar-refractivity contribution in [3.63, 3.8) is 0 Å². The number of hydrogen-bond donors (Lipinski definition) is 3. The number of hydrogen-bond acceptors (Lipinski definition) is 7. The van der Waals surface area contributed by atoms with E-state index in [4.69, 9.17) is 24.9 Å². The van der Waals surface area contributed by atoms with Gasteiger partial charge in [0.1, 0.15) is 17.9 Å². The smallest absolute Gasteiger partial charge is 0.289 e. The molecule has 0 bridgehead atoms. The van der Waals surface area contributed by atoms with Gasteiger partial charge < -0.3 is 25.5 Å². The molecule has 2 heterocycles. The molecule has 0 aliphatic heterocycles. The number of amidine groups is 1. The number of aryl methyl sites for hydroxylation is 1. The Bertz CT molecular complexity index is 1250. The summed E-state index contributed by atoms with van der Waals surface area (Å²) in [6.07, 6.45) is 11.2. The summed E-state index contributed by atoms with van der Waals surface area (Å²) in [4.78, 5) is 27.4. The lowest BCUT2D eigenvalue weighted by Crippen LogP contribution is -2.40. The Morgan fingerprint density at radius 2 is 1.92 bits per heavy atom. The van der Waals surface area contributed by atoms with Crippen LogP contribution in [0.15, 0.2) is 46.2 Å². The summed E-state index contributed by atoms with van der Waals surface area (Å²) in [5.74, 6) is 1.07. The quantitative estimate of drug-likeness (QED) is 0.322. The van der Waals surface area contributed by atoms with Gasteiger partial charge >= 0.3 is 0 Å². The number of ether oxygens (including phenoxy) is 1. The lowest BCUT2D eigenvalue weighted by molar-refractivity contribution is 0.0597. The van der Waals surface area contributed by atoms with Crippen molar-refractivity contribution in [3.8, 4) is 0 Å². The Hall–Kier alpha value is -3.46. The van der Waals surface area contributed by atoms with Crippen LogP contribution in [0.25, 0.3) is 10.9 Å². The van der Waals surface area contributed by atoms with Gasteiger partial charge in [0.2, 0.25) is 5.82 Å². The molecule has 2 aliphatic carbocycles. The molecule has 1 amide bonds. The normalized spacial score (nSPS) is 24.6. The van der Waals surface area contributed by atoms with Gasteiger partial charge in [0.25, 0.3) is 5.91 Å². The molecule has 196 valence electrons. The van der Waals surface area contributed by atoms with Gasteiger partial charge in [-0.15, -0.1) is 0 Å². The van der Waals surface area contributed by atoms with Gasteiger partial charge in [-0.25, -0.2) is 9.97 Å². The zero-order valence-corrected chi connectivity index (χ0v) is 21.6. The lowest BCUT2D eigenvalue weighted by atomic mass is 9.90. The number of rotatable bonds is 7. The van der Waals surface area contributed by atoms with Crippen molar-refractivity contribution in [1.82, 2.24) is 15.3 Å². The fourth-order valence-corrected chi connectivity index (χ4v) is 5.42. The van der Waals surface area contributed by atoms with Gasteiger partial charge in [-0.2, -0.15) is 0 Å². The molecule has 37 heavy (non-hydrogen) atoms. The highest BCUT2D eigenvalue weighted by Crippen LogP contribution is 2.29. The van der Waals surface area contributed by atoms with Crippen LogP contribution in [-0.2, 0) is 4.74 Å². The number of carbonyl (C=O) groups excluding carboxylic acids is 1. The number of nitrogens with zero attached hydrogens (tertiary/aromatic N) is 3. The van der Waals surface area contributed by atoms with Crippen LogP contribution in [0.5, 0.6) is 0 Å². The number of nitrogens with one attached hydrogen (secondary N) is 2. The van der Waals surface area contributed by atoms with Gasteiger partial charge in [0.15, 0.2) is 0 Å². The molecule has 9 heteroatoms. The molecule has 9 nitrogen and oxygen atoms in total. The van der Waals surface area contributed by atoms with Crippen LogP contribution in [0.4, 0.5) is 5.82 Å². The van der Waals surface area contributed by atoms with Crippen LogP contribution >= 0.6 is 0 Å². The Morgan fingerprint density at radius 1 is 1.11 bits per heavy atom. The van der Waals surface area contributed by atoms with E-state index in [-0.39, 0.29) is 36.0 Å². The molecule has 0 unspecified atom stereocenters. The number of amides is 1. The molecule has 1 aromatic carbocycles. The highest BCUT2D eigenvalue weighted by Gasteiger charge is 2.28. The largest absolute Gasteiger partial charge is 0.472 e. The number of furan rings is 1. The molecule has 2 aliphatic rings. The molecule has 2 fully saturated rings. The topological polar surface area (TPSA) is 128 Å². The van der Waals surface area contributed by atoms with Crippen LogP contribution in [0.1, 0.15) is 73.1 Å². The maximum atomic E-state index is 13.2. The van der Waals surface area contributed by atoms with Crippen LogP contribution in [0.2, 0.25) is 0 Å². The van der Waals surface area contributed by atoms with Crippen LogP contribution < -0.4 is 16.4 Å². The molecule has 0 spiro atoms. The van der Waals surface area contributed by atoms with Crippen molar-refractivity contribution in [2.75, 3.05) is 12.4 Å². The van der Waals surface area contributed by atoms with E-state index in [1.54, 1.807) is 19.6 Å². The lowest BCUT2D eigenvalue weighted by Gasteiger charge is -2.31. The molecule has 3 aromatic rings. The van der Waals surface area contributed by atoms with E-state index >= 15 is 0 Å². The molecule has 2 saturated carbocycles. The molecular weight excluding hydrogens is 468 g/mol. The molecule has 2 atom stereocenters. The average molecular weight is 505 g/mol. The molecule has 2 aromatic heterocycles. The third kappa shape index (κ3) is 5.93. The third-order valence-corrected chi connectivity index (χ3v) is 7.57. The summed E-state index contributed by atoms with van der Waals surface area (Å²) in [5, 5.41) is 7.67. The highest BCUT2D eigenvalue weighted by molar-refractivity contribution is 5.98. The maximum absolute atomic E-state index is 13.2. The first-order valence-electron chi connectivity index (χ1n) is 13.2. The highest BCUT2D eigenvalue weighted by atomic mass is 16.5. The zero-order chi connectivity index (χ0) is 25.8. The van der Waals surface area contributed by atoms with E-state index < -0.39 is 0 Å². The fraction of sp³-hybridized carbons (Fsp3) is 0.500. The predicted molar refractivity (Wildman–Crippen MR) is 144 cm³/mol. The van der Waals surface area contributed by atoms with Crippen LogP contribution in [-0.4, -0.2) is 53.1 Å². The van der Waals surface area contributed by atoms with Crippen molar-refractivity contribution in [3.05, 3.63) is 53.7 Å². The first kappa shape index (κ1) is 25.2. The van der Waals surface area contributed by atoms with E-state index in [9.17, 15) is 4.79 Å². The van der Waals surface area contributed by atoms with Crippen LogP contribution in [0.3, 0.4) is 0 Å². The number of aliphatic imine (C=N–C) groups is 1. The second-order valence-electron chi connectivity index (χ2n) is 10.2. The van der Waals surface area contributed by atoms with Gasteiger partial charge in [0.05, 0.1) is 29.5 Å². The summed E-state index contributed by atoms with van der Waals surface area (Å²) in [5.41, 5.74) is 8.91. The Labute approximate surface area is 217 Å². The van der Waals surface area contributed by atoms with Crippen molar-refractivity contribution in [1.29, 1.82) is 0 Å². The second kappa shape index (κ2) is 11.3. The van der Waals surface area contributed by atoms with Crippen molar-refractivity contribution in [2.45, 2.75) is 82.5 Å². The SMILES string of the molecule is COC1CCC(NC(=O)c2nc(N[C@H]3CCCC[C@H]3N=C(N)c3ccoc3)c3cc(C)ccc3n2)CC1. The number of nitrogens with two attached hydrogens (primary N) is 1. The molecular formula is C28H36N6O3. The predicted octanol–water partition coefficient (Wildman–Crippen LogP) is 4.35. The van der Waals surface area contributed by atoms with Gasteiger partial charge in [-0.3, -0.25) is 9.79 Å². The number of fused-ring (bicyclic) bond motifs is 1. The second-order valence-corrected chi connectivity index (χ2v) is 10.2. The number of benzene rings is 1. The van der Waals surface area contributed by atoms with E-state index in [0.29, 0.717) is 11.7 Å². The Kier molecular flexibility index (Phi) is 7.69. The number of anilines is 1. The first-order chi connectivity index (χ1) is 18.0. The number of methoxy groups -OCH3 is 1. The summed E-state index contributed by atoms with van der Waals surface area (Å²) in [7, 11) is 1.75. The summed E-state index contributed by atoms with van der Waals surface area (Å²) in [6, 6.07) is 7.97. The minimum Gasteiger partial charge on any atom is -0.472 e. The minimum atomic E-state index is -0.242. The average Bonchev–Trinajstić information content (AvgIpc) is 3.46. The third-order valence-electron chi connectivity index (χ3n) is 7.57. The number of aromatic nitrogens is 2. The summed E-state index contributed by atoms with van der Waals surface area (Å²) >= 11 is 0. The van der Waals surface area contributed by atoms with E-state index in [0.717, 1.165) is 73.4 Å². The monoisotopic (exact) mass is 504 g/mol. The Morgan fingerprint density at radius 3 is 2.68 bits per heavy atom. The van der Waals surface area contributed by atoms with Gasteiger partial charge in [0, 0.05) is 24.6 Å². The molecule has 0 radical (unpaired) electrons. The number of carbonyl (C=O) groups is 1. The maximum Gasteiger partial charge on any atom is 0.289 e. The van der Waals surface area contributed by atoms with Gasteiger partial charge in [-0.05, 0) is 63.6 Å². The van der Waals surface area contributed by atoms with Crippen molar-refractivity contribution < 1.29 is 13.9 Å². The molecule has 5 rings (SSSR count). The van der Waals surface area contributed by atoms with Crippen molar-refractivity contribution >= 4 is 28.5 Å². The first-order valence-corrected chi connectivity index (χ1v) is 13.2. The van der Waals surface area contributed by atoms with E-state index in [2.05, 4.69) is 21.7 Å². The summed E-state index contributed by atoms with van der Waals surface area (Å²) < 4.78 is 10.6. The van der Waals surface area contributed by atoms with E-state index in [1.807, 2.05) is 25.1 Å². The minimum absolute atomic E-state index is 0.00767. The standard InChI is InChI=1S/C28H36N6O3/c1-17-7-12-22-21(15-17)26(34-27(32-22)28(35)30-19-8-10-20(36-2)11-9-19)33-24-6-4-3-5-23(24)31-25(29)18-13-14-37-16-18/h7,12-16,19-20,23-24H,3-6,8-11H2,1-2H3,(H2,29,31)(H,30,35)(H,32,33,34)/t19?,20?,23-,24+/m1/s1. The Balaban J connectivity index is 1.40. The van der Waals surface area contributed by atoms with Crippen molar-refractivity contribution in [2.24, 2.45) is 10.7 Å². The fourth-order valence-electron chi connectivity index (χ4n) is 5.42. The summed E-state index contributed by atoms with van der Waals surface area (Å²) in [6.45, 7) is 2.04. The van der Waals surface area contributed by atoms with E-state index in [1.165, 1.54) is 0 Å². The molecule has 0 saturated heterocycles. The van der Waals surface area contributed by atoms with Gasteiger partial charge in [-0.1, -0.05) is 24.5 Å².